The minimum absolute atomic E-state index is 0.451. The molecule has 0 spiro atoms. The predicted molar refractivity (Wildman–Crippen MR) is 89.8 cm³/mol. The Morgan fingerprint density at radius 2 is 2.05 bits per heavy atom. The number of nitrogens with one attached hydrogen (secondary N) is 1. The number of nitrogens with zero attached hydrogens (tertiary/aromatic N) is 1. The first kappa shape index (κ1) is 16.3. The fraction of sp³-hybridized carbons (Fsp3) is 0.529. The normalized spacial score (nSPS) is 12.5. The minimum Gasteiger partial charge on any atom is -0.390 e. The van der Waals surface area contributed by atoms with Crippen LogP contribution in [0.15, 0.2) is 24.4 Å². The summed E-state index contributed by atoms with van der Waals surface area (Å²) in [5.74, 6) is 0. The molecule has 0 radical (unpaired) electrons. The molecule has 0 bridgehead atoms. The van der Waals surface area contributed by atoms with Crippen molar-refractivity contribution in [1.82, 2.24) is 9.88 Å². The highest BCUT2D eigenvalue weighted by Gasteiger charge is 2.15. The number of benzene rings is 1. The maximum Gasteiger partial charge on any atom is 0.0608 e. The standard InChI is InChI=1S/C17H25ClN2O/c1-12(2)19-10-13-11-20(8-7-17(3,4)21)16-9-14(18)5-6-15(13)16/h5-6,9,11-12,19,21H,7-8,10H2,1-4H3. The Balaban J connectivity index is 2.32. The molecule has 3 nitrogen and oxygen atoms in total. The molecule has 0 aliphatic heterocycles. The van der Waals surface area contributed by atoms with Crippen LogP contribution in [0, 0.1) is 0 Å². The van der Waals surface area contributed by atoms with Crippen LogP contribution in [-0.4, -0.2) is 21.3 Å². The fourth-order valence-electron chi connectivity index (χ4n) is 2.38. The highest BCUT2D eigenvalue weighted by Crippen LogP contribution is 2.26. The van der Waals surface area contributed by atoms with Crippen LogP contribution in [0.1, 0.15) is 39.7 Å². The fourth-order valence-corrected chi connectivity index (χ4v) is 2.54. The molecule has 0 saturated carbocycles. The summed E-state index contributed by atoms with van der Waals surface area (Å²) < 4.78 is 2.19. The van der Waals surface area contributed by atoms with E-state index in [9.17, 15) is 5.11 Å². The van der Waals surface area contributed by atoms with E-state index in [4.69, 9.17) is 11.6 Å². The summed E-state index contributed by atoms with van der Waals surface area (Å²) in [6.45, 7) is 9.59. The van der Waals surface area contributed by atoms with Gasteiger partial charge in [-0.15, -0.1) is 0 Å². The third-order valence-corrected chi connectivity index (χ3v) is 3.83. The number of aromatic nitrogens is 1. The average molecular weight is 309 g/mol. The number of hydrogen-bond donors (Lipinski definition) is 2. The molecule has 2 aromatic rings. The minimum atomic E-state index is -0.661. The Bertz CT molecular complexity index is 611. The smallest absolute Gasteiger partial charge is 0.0608 e. The zero-order chi connectivity index (χ0) is 15.6. The first-order valence-corrected chi connectivity index (χ1v) is 7.87. The van der Waals surface area contributed by atoms with Crippen molar-refractivity contribution in [2.75, 3.05) is 0 Å². The van der Waals surface area contributed by atoms with Crippen LogP contribution in [0.3, 0.4) is 0 Å². The summed E-state index contributed by atoms with van der Waals surface area (Å²) in [4.78, 5) is 0. The zero-order valence-electron chi connectivity index (χ0n) is 13.3. The second kappa shape index (κ2) is 6.39. The average Bonchev–Trinajstić information content (AvgIpc) is 2.70. The molecule has 4 heteroatoms. The summed E-state index contributed by atoms with van der Waals surface area (Å²) in [5, 5.41) is 15.4. The van der Waals surface area contributed by atoms with E-state index >= 15 is 0 Å². The summed E-state index contributed by atoms with van der Waals surface area (Å²) >= 11 is 6.14. The van der Waals surface area contributed by atoms with Crippen molar-refractivity contribution >= 4 is 22.5 Å². The Morgan fingerprint density at radius 1 is 1.33 bits per heavy atom. The van der Waals surface area contributed by atoms with Gasteiger partial charge in [-0.25, -0.2) is 0 Å². The van der Waals surface area contributed by atoms with Gasteiger partial charge in [-0.1, -0.05) is 31.5 Å². The molecule has 2 rings (SSSR count). The van der Waals surface area contributed by atoms with Gasteiger partial charge in [0.05, 0.1) is 5.60 Å². The molecule has 0 saturated heterocycles. The van der Waals surface area contributed by atoms with E-state index in [1.54, 1.807) is 0 Å². The van der Waals surface area contributed by atoms with Gasteiger partial charge in [0.1, 0.15) is 0 Å². The molecule has 21 heavy (non-hydrogen) atoms. The Hall–Kier alpha value is -1.03. The Kier molecular flexibility index (Phi) is 4.97. The molecule has 0 unspecified atom stereocenters. The number of fused-ring (bicyclic) bond motifs is 1. The van der Waals surface area contributed by atoms with Crippen molar-refractivity contribution in [3.8, 4) is 0 Å². The number of aryl methyl sites for hydroxylation is 1. The third kappa shape index (κ3) is 4.47. The van der Waals surface area contributed by atoms with Gasteiger partial charge in [0.15, 0.2) is 0 Å². The van der Waals surface area contributed by atoms with Gasteiger partial charge >= 0.3 is 0 Å². The van der Waals surface area contributed by atoms with Gasteiger partial charge in [0.25, 0.3) is 0 Å². The van der Waals surface area contributed by atoms with Gasteiger partial charge < -0.3 is 15.0 Å². The van der Waals surface area contributed by atoms with Gasteiger partial charge in [-0.3, -0.25) is 0 Å². The van der Waals surface area contributed by atoms with E-state index < -0.39 is 5.60 Å². The first-order valence-electron chi connectivity index (χ1n) is 7.49. The lowest BCUT2D eigenvalue weighted by atomic mass is 10.1. The summed E-state index contributed by atoms with van der Waals surface area (Å²) in [5.41, 5.74) is 1.74. The SMILES string of the molecule is CC(C)NCc1cn(CCC(C)(C)O)c2cc(Cl)ccc12. The first-order chi connectivity index (χ1) is 9.76. The third-order valence-electron chi connectivity index (χ3n) is 3.59. The zero-order valence-corrected chi connectivity index (χ0v) is 14.0. The molecule has 2 N–H and O–H groups in total. The quantitative estimate of drug-likeness (QED) is 0.847. The molecular formula is C17H25ClN2O. The molecule has 116 valence electrons. The topological polar surface area (TPSA) is 37.2 Å². The van der Waals surface area contributed by atoms with Crippen LogP contribution in [0.5, 0.6) is 0 Å². The molecule has 0 aliphatic carbocycles. The van der Waals surface area contributed by atoms with Crippen molar-refractivity contribution in [3.63, 3.8) is 0 Å². The number of rotatable bonds is 6. The van der Waals surface area contributed by atoms with Gasteiger partial charge in [0, 0.05) is 41.3 Å². The van der Waals surface area contributed by atoms with Crippen molar-refractivity contribution in [2.45, 2.75) is 58.8 Å². The summed E-state index contributed by atoms with van der Waals surface area (Å²) in [6.07, 6.45) is 2.88. The van der Waals surface area contributed by atoms with Crippen molar-refractivity contribution in [3.05, 3.63) is 35.0 Å². The van der Waals surface area contributed by atoms with Gasteiger partial charge in [-0.2, -0.15) is 0 Å². The molecular weight excluding hydrogens is 284 g/mol. The van der Waals surface area contributed by atoms with E-state index in [-0.39, 0.29) is 0 Å². The molecule has 0 amide bonds. The maximum absolute atomic E-state index is 9.94. The van der Waals surface area contributed by atoms with E-state index in [0.29, 0.717) is 12.5 Å². The van der Waals surface area contributed by atoms with E-state index in [1.807, 2.05) is 26.0 Å². The molecule has 1 heterocycles. The lowest BCUT2D eigenvalue weighted by Gasteiger charge is -2.17. The van der Waals surface area contributed by atoms with E-state index in [1.165, 1.54) is 10.9 Å². The molecule has 0 atom stereocenters. The lowest BCUT2D eigenvalue weighted by Crippen LogP contribution is -2.22. The molecule has 0 fully saturated rings. The Morgan fingerprint density at radius 3 is 2.67 bits per heavy atom. The van der Waals surface area contributed by atoms with Crippen molar-refractivity contribution in [2.24, 2.45) is 0 Å². The highest BCUT2D eigenvalue weighted by molar-refractivity contribution is 6.31. The van der Waals surface area contributed by atoms with Crippen LogP contribution in [0.2, 0.25) is 5.02 Å². The summed E-state index contributed by atoms with van der Waals surface area (Å²) in [7, 11) is 0. The van der Waals surface area contributed by atoms with Crippen LogP contribution < -0.4 is 5.32 Å². The highest BCUT2D eigenvalue weighted by atomic mass is 35.5. The van der Waals surface area contributed by atoms with E-state index in [2.05, 4.69) is 36.0 Å². The maximum atomic E-state index is 9.94. The molecule has 0 aliphatic rings. The molecule has 1 aromatic heterocycles. The predicted octanol–water partition coefficient (Wildman–Crippen LogP) is 3.95. The summed E-state index contributed by atoms with van der Waals surface area (Å²) in [6, 6.07) is 6.46. The second-order valence-electron chi connectivity index (χ2n) is 6.61. The molecule has 1 aromatic carbocycles. The van der Waals surface area contributed by atoms with Gasteiger partial charge in [0.2, 0.25) is 0 Å². The van der Waals surface area contributed by atoms with Crippen LogP contribution >= 0.6 is 11.6 Å². The van der Waals surface area contributed by atoms with Crippen molar-refractivity contribution < 1.29 is 5.11 Å². The largest absolute Gasteiger partial charge is 0.390 e. The number of hydrogen-bond acceptors (Lipinski definition) is 2. The second-order valence-corrected chi connectivity index (χ2v) is 7.04. The monoisotopic (exact) mass is 308 g/mol. The number of halogens is 1. The Labute approximate surface area is 131 Å². The van der Waals surface area contributed by atoms with Crippen LogP contribution in [0.4, 0.5) is 0 Å². The van der Waals surface area contributed by atoms with E-state index in [0.717, 1.165) is 23.6 Å². The van der Waals surface area contributed by atoms with Crippen LogP contribution in [0.25, 0.3) is 10.9 Å². The van der Waals surface area contributed by atoms with Crippen LogP contribution in [-0.2, 0) is 13.1 Å². The van der Waals surface area contributed by atoms with Crippen molar-refractivity contribution in [1.29, 1.82) is 0 Å². The number of aliphatic hydroxyl groups is 1. The lowest BCUT2D eigenvalue weighted by molar-refractivity contribution is 0.0666. The van der Waals surface area contributed by atoms with Gasteiger partial charge in [-0.05, 0) is 38.0 Å².